The largest absolute Gasteiger partial charge is 0.466 e. The van der Waals surface area contributed by atoms with Crippen molar-refractivity contribution in [1.29, 1.82) is 0 Å². The average Bonchev–Trinajstić information content (AvgIpc) is 2.82. The highest BCUT2D eigenvalue weighted by Gasteiger charge is 2.70. The number of piperidine rings is 1. The van der Waals surface area contributed by atoms with Crippen molar-refractivity contribution in [2.24, 2.45) is 17.8 Å². The summed E-state index contributed by atoms with van der Waals surface area (Å²) in [5.74, 6) is -4.58. The van der Waals surface area contributed by atoms with Crippen molar-refractivity contribution in [3.05, 3.63) is 0 Å². The lowest BCUT2D eigenvalue weighted by atomic mass is 9.93. The van der Waals surface area contributed by atoms with Crippen molar-refractivity contribution >= 4 is 5.97 Å². The molecule has 1 aliphatic heterocycles. The van der Waals surface area contributed by atoms with E-state index in [0.29, 0.717) is 6.54 Å². The Morgan fingerprint density at radius 2 is 2.29 bits per heavy atom. The summed E-state index contributed by atoms with van der Waals surface area (Å²) in [5, 5.41) is 3.14. The molecule has 3 unspecified atom stereocenters. The van der Waals surface area contributed by atoms with Gasteiger partial charge in [-0.15, -0.1) is 0 Å². The molecule has 1 heterocycles. The van der Waals surface area contributed by atoms with E-state index in [9.17, 15) is 13.6 Å². The van der Waals surface area contributed by atoms with Crippen molar-refractivity contribution in [1.82, 2.24) is 5.32 Å². The summed E-state index contributed by atoms with van der Waals surface area (Å²) in [6.45, 7) is 3.51. The molecule has 0 bridgehead atoms. The predicted octanol–water partition coefficient (Wildman–Crippen LogP) is 1.82. The Bertz CT molecular complexity index is 290. The van der Waals surface area contributed by atoms with Gasteiger partial charge in [-0.1, -0.05) is 0 Å². The molecule has 1 aliphatic carbocycles. The Morgan fingerprint density at radius 3 is 2.88 bits per heavy atom. The van der Waals surface area contributed by atoms with E-state index >= 15 is 0 Å². The minimum Gasteiger partial charge on any atom is -0.466 e. The quantitative estimate of drug-likeness (QED) is 0.770. The lowest BCUT2D eigenvalue weighted by Crippen LogP contribution is -2.32. The van der Waals surface area contributed by atoms with Gasteiger partial charge < -0.3 is 10.1 Å². The van der Waals surface area contributed by atoms with E-state index in [0.717, 1.165) is 19.4 Å². The number of carbonyl (C=O) groups is 1. The molecule has 5 heteroatoms. The molecule has 1 saturated carbocycles. The molecule has 1 saturated heterocycles. The van der Waals surface area contributed by atoms with Gasteiger partial charge in [0.15, 0.2) is 0 Å². The van der Waals surface area contributed by atoms with E-state index < -0.39 is 23.7 Å². The summed E-state index contributed by atoms with van der Waals surface area (Å²) in [5.41, 5.74) is 0. The van der Waals surface area contributed by atoms with E-state index in [1.54, 1.807) is 6.92 Å². The fourth-order valence-electron chi connectivity index (χ4n) is 2.91. The molecule has 17 heavy (non-hydrogen) atoms. The number of alkyl halides is 2. The maximum absolute atomic E-state index is 13.6. The van der Waals surface area contributed by atoms with Crippen LogP contribution < -0.4 is 5.32 Å². The first kappa shape index (κ1) is 12.7. The molecule has 0 aromatic heterocycles. The van der Waals surface area contributed by atoms with Gasteiger partial charge in [0.25, 0.3) is 5.92 Å². The zero-order valence-electron chi connectivity index (χ0n) is 10.0. The van der Waals surface area contributed by atoms with Crippen molar-refractivity contribution in [3.8, 4) is 0 Å². The van der Waals surface area contributed by atoms with Crippen molar-refractivity contribution in [2.75, 3.05) is 19.7 Å². The maximum Gasteiger partial charge on any atom is 0.306 e. The van der Waals surface area contributed by atoms with E-state index in [4.69, 9.17) is 4.74 Å². The van der Waals surface area contributed by atoms with E-state index in [1.807, 2.05) is 0 Å². The molecule has 1 N–H and O–H groups in total. The summed E-state index contributed by atoms with van der Waals surface area (Å²) in [6.07, 6.45) is 1.65. The summed E-state index contributed by atoms with van der Waals surface area (Å²) < 4.78 is 32.0. The maximum atomic E-state index is 13.6. The van der Waals surface area contributed by atoms with Crippen LogP contribution in [0.15, 0.2) is 0 Å². The molecule has 2 aliphatic rings. The number of halogens is 2. The second-order valence-electron chi connectivity index (χ2n) is 4.92. The second kappa shape index (κ2) is 4.88. The average molecular weight is 247 g/mol. The van der Waals surface area contributed by atoms with Gasteiger partial charge in [-0.25, -0.2) is 8.78 Å². The van der Waals surface area contributed by atoms with Crippen LogP contribution in [0.5, 0.6) is 0 Å². The van der Waals surface area contributed by atoms with E-state index in [2.05, 4.69) is 5.32 Å². The van der Waals surface area contributed by atoms with E-state index in [1.165, 1.54) is 0 Å². The molecule has 0 amide bonds. The smallest absolute Gasteiger partial charge is 0.306 e. The van der Waals surface area contributed by atoms with Gasteiger partial charge in [0.2, 0.25) is 0 Å². The monoisotopic (exact) mass is 247 g/mol. The molecule has 0 aromatic rings. The summed E-state index contributed by atoms with van der Waals surface area (Å²) >= 11 is 0. The van der Waals surface area contributed by atoms with Crippen molar-refractivity contribution in [3.63, 3.8) is 0 Å². The van der Waals surface area contributed by atoms with Crippen LogP contribution in [0.3, 0.4) is 0 Å². The summed E-state index contributed by atoms with van der Waals surface area (Å²) in [7, 11) is 0. The minimum atomic E-state index is -2.67. The zero-order chi connectivity index (χ0) is 12.5. The molecule has 0 spiro atoms. The topological polar surface area (TPSA) is 38.3 Å². The highest BCUT2D eigenvalue weighted by molar-refractivity contribution is 5.70. The van der Waals surface area contributed by atoms with Crippen LogP contribution in [0.1, 0.15) is 26.2 Å². The molecular weight excluding hydrogens is 228 g/mol. The zero-order valence-corrected chi connectivity index (χ0v) is 10.0. The third-order valence-corrected chi connectivity index (χ3v) is 3.80. The predicted molar refractivity (Wildman–Crippen MR) is 58.8 cm³/mol. The molecule has 98 valence electrons. The number of ether oxygens (including phenoxy) is 1. The summed E-state index contributed by atoms with van der Waals surface area (Å²) in [4.78, 5) is 11.2. The molecular formula is C12H19F2NO2. The Kier molecular flexibility index (Phi) is 3.66. The minimum absolute atomic E-state index is 0.0122. The fraction of sp³-hybridized carbons (Fsp3) is 0.917. The summed E-state index contributed by atoms with van der Waals surface area (Å²) in [6, 6.07) is 0. The van der Waals surface area contributed by atoms with Crippen molar-refractivity contribution in [2.45, 2.75) is 32.1 Å². The van der Waals surface area contributed by atoms with Gasteiger partial charge in [0.05, 0.1) is 13.0 Å². The fourth-order valence-corrected chi connectivity index (χ4v) is 2.91. The Balaban J connectivity index is 1.88. The van der Waals surface area contributed by atoms with Gasteiger partial charge in [-0.2, -0.15) is 0 Å². The first-order valence-electron chi connectivity index (χ1n) is 6.31. The highest BCUT2D eigenvalue weighted by atomic mass is 19.3. The second-order valence-corrected chi connectivity index (χ2v) is 4.92. The SMILES string of the molecule is CCOC(=O)CC1C(C2CCCNC2)C1(F)F. The molecule has 0 aromatic carbocycles. The first-order chi connectivity index (χ1) is 8.07. The van der Waals surface area contributed by atoms with Crippen molar-refractivity contribution < 1.29 is 18.3 Å². The Hall–Kier alpha value is -0.710. The van der Waals surface area contributed by atoms with Gasteiger partial charge in [-0.05, 0) is 38.8 Å². The van der Waals surface area contributed by atoms with Gasteiger partial charge in [0, 0.05) is 11.8 Å². The standard InChI is InChI=1S/C12H19F2NO2/c1-2-17-10(16)6-9-11(12(9,13)14)8-4-3-5-15-7-8/h8-9,11,15H,2-7H2,1H3. The Morgan fingerprint density at radius 1 is 1.53 bits per heavy atom. The van der Waals surface area contributed by atoms with Crippen LogP contribution in [-0.2, 0) is 9.53 Å². The number of esters is 1. The van der Waals surface area contributed by atoms with Crippen LogP contribution in [0.2, 0.25) is 0 Å². The van der Waals surface area contributed by atoms with Crippen LogP contribution in [0.25, 0.3) is 0 Å². The number of rotatable bonds is 4. The third-order valence-electron chi connectivity index (χ3n) is 3.80. The van der Waals surface area contributed by atoms with Gasteiger partial charge in [-0.3, -0.25) is 4.79 Å². The first-order valence-corrected chi connectivity index (χ1v) is 6.31. The van der Waals surface area contributed by atoms with Crippen LogP contribution >= 0.6 is 0 Å². The number of nitrogens with one attached hydrogen (secondary N) is 1. The Labute approximate surface area is 99.9 Å². The van der Waals surface area contributed by atoms with Gasteiger partial charge in [0.1, 0.15) is 0 Å². The molecule has 3 atom stereocenters. The van der Waals surface area contributed by atoms with Crippen LogP contribution in [0, 0.1) is 17.8 Å². The third kappa shape index (κ3) is 2.59. The molecule has 2 fully saturated rings. The van der Waals surface area contributed by atoms with E-state index in [-0.39, 0.29) is 18.9 Å². The normalized spacial score (nSPS) is 35.4. The number of hydrogen-bond acceptors (Lipinski definition) is 3. The molecule has 2 rings (SSSR count). The number of carbonyl (C=O) groups excluding carboxylic acids is 1. The lowest BCUT2D eigenvalue weighted by Gasteiger charge is -2.22. The molecule has 3 nitrogen and oxygen atoms in total. The van der Waals surface area contributed by atoms with Gasteiger partial charge >= 0.3 is 5.97 Å². The van der Waals surface area contributed by atoms with Crippen LogP contribution in [-0.4, -0.2) is 31.6 Å². The highest BCUT2D eigenvalue weighted by Crippen LogP contribution is 2.61. The lowest BCUT2D eigenvalue weighted by molar-refractivity contribution is -0.144. The molecule has 0 radical (unpaired) electrons. The van der Waals surface area contributed by atoms with Crippen LogP contribution in [0.4, 0.5) is 8.78 Å². The number of hydrogen-bond donors (Lipinski definition) is 1.